The third kappa shape index (κ3) is 5.52. The van der Waals surface area contributed by atoms with Crippen molar-refractivity contribution in [1.82, 2.24) is 24.9 Å². The summed E-state index contributed by atoms with van der Waals surface area (Å²) in [4.78, 5) is 31.1. The molecule has 9 heteroatoms. The SMILES string of the molecule is CCn1cc(CN2CCC3(CC2)CCN(C(=O)c2ccc4c(c2)C(NC(=O)c2c(F)cccc2Cl)CC4)C3)c(C)n1. The number of carbonyl (C=O) groups excluding carboxylic acids is 2. The average molecular weight is 578 g/mol. The van der Waals surface area contributed by atoms with E-state index in [1.54, 1.807) is 0 Å². The van der Waals surface area contributed by atoms with E-state index >= 15 is 0 Å². The predicted molar refractivity (Wildman–Crippen MR) is 156 cm³/mol. The highest BCUT2D eigenvalue weighted by Crippen LogP contribution is 2.41. The summed E-state index contributed by atoms with van der Waals surface area (Å²) in [6, 6.07) is 9.76. The number of aromatic nitrogens is 2. The van der Waals surface area contributed by atoms with Crippen LogP contribution in [0.5, 0.6) is 0 Å². The Labute approximate surface area is 245 Å². The molecular weight excluding hydrogens is 541 g/mol. The number of nitrogens with zero attached hydrogens (tertiary/aromatic N) is 4. The second-order valence-electron chi connectivity index (χ2n) is 11.9. The van der Waals surface area contributed by atoms with E-state index in [0.717, 1.165) is 81.8 Å². The van der Waals surface area contributed by atoms with Gasteiger partial charge in [0.15, 0.2) is 0 Å². The molecule has 1 unspecified atom stereocenters. The van der Waals surface area contributed by atoms with Crippen LogP contribution in [0.25, 0.3) is 0 Å². The molecule has 1 atom stereocenters. The van der Waals surface area contributed by atoms with E-state index in [0.29, 0.717) is 12.0 Å². The Balaban J connectivity index is 1.08. The minimum absolute atomic E-state index is 0.0452. The molecule has 2 aromatic carbocycles. The number of piperidine rings is 1. The molecule has 0 bridgehead atoms. The molecule has 1 aromatic heterocycles. The molecular formula is C32H37ClFN5O2. The minimum atomic E-state index is -0.645. The molecule has 3 heterocycles. The summed E-state index contributed by atoms with van der Waals surface area (Å²) in [5.74, 6) is -1.14. The number of amides is 2. The fourth-order valence-corrected chi connectivity index (χ4v) is 7.08. The maximum absolute atomic E-state index is 14.3. The van der Waals surface area contributed by atoms with Gasteiger partial charge in [-0.15, -0.1) is 0 Å². The molecule has 1 N–H and O–H groups in total. The molecule has 2 fully saturated rings. The summed E-state index contributed by atoms with van der Waals surface area (Å²) >= 11 is 6.11. The lowest BCUT2D eigenvalue weighted by atomic mass is 9.77. The van der Waals surface area contributed by atoms with Gasteiger partial charge < -0.3 is 10.2 Å². The molecule has 41 heavy (non-hydrogen) atoms. The summed E-state index contributed by atoms with van der Waals surface area (Å²) < 4.78 is 16.3. The molecule has 0 saturated carbocycles. The van der Waals surface area contributed by atoms with Crippen LogP contribution >= 0.6 is 11.6 Å². The maximum Gasteiger partial charge on any atom is 0.256 e. The Bertz CT molecular complexity index is 1460. The number of halogens is 2. The fourth-order valence-electron chi connectivity index (χ4n) is 6.83. The van der Waals surface area contributed by atoms with Gasteiger partial charge in [0, 0.05) is 43.5 Å². The minimum Gasteiger partial charge on any atom is -0.345 e. The van der Waals surface area contributed by atoms with Crippen molar-refractivity contribution in [3.05, 3.63) is 86.9 Å². The predicted octanol–water partition coefficient (Wildman–Crippen LogP) is 5.55. The molecule has 1 spiro atoms. The Morgan fingerprint density at radius 2 is 1.93 bits per heavy atom. The first kappa shape index (κ1) is 27.9. The number of likely N-dealkylation sites (tertiary alicyclic amines) is 2. The van der Waals surface area contributed by atoms with Crippen molar-refractivity contribution in [3.63, 3.8) is 0 Å². The molecule has 6 rings (SSSR count). The van der Waals surface area contributed by atoms with Gasteiger partial charge in [0.1, 0.15) is 5.82 Å². The molecule has 0 radical (unpaired) electrons. The molecule has 2 saturated heterocycles. The highest BCUT2D eigenvalue weighted by Gasteiger charge is 2.42. The van der Waals surface area contributed by atoms with Crippen LogP contribution in [0, 0.1) is 18.2 Å². The molecule has 216 valence electrons. The van der Waals surface area contributed by atoms with Crippen LogP contribution < -0.4 is 5.32 Å². The Morgan fingerprint density at radius 3 is 2.66 bits per heavy atom. The Kier molecular flexibility index (Phi) is 7.64. The zero-order valence-electron chi connectivity index (χ0n) is 23.8. The number of hydrogen-bond donors (Lipinski definition) is 1. The van der Waals surface area contributed by atoms with Crippen molar-refractivity contribution in [3.8, 4) is 0 Å². The number of carbonyl (C=O) groups is 2. The quantitative estimate of drug-likeness (QED) is 0.417. The number of nitrogens with one attached hydrogen (secondary N) is 1. The van der Waals surface area contributed by atoms with E-state index in [4.69, 9.17) is 11.6 Å². The first-order valence-corrected chi connectivity index (χ1v) is 15.1. The van der Waals surface area contributed by atoms with E-state index in [2.05, 4.69) is 35.4 Å². The van der Waals surface area contributed by atoms with Gasteiger partial charge in [-0.25, -0.2) is 4.39 Å². The second-order valence-corrected chi connectivity index (χ2v) is 12.3. The van der Waals surface area contributed by atoms with Crippen LogP contribution in [0.4, 0.5) is 4.39 Å². The number of benzene rings is 2. The van der Waals surface area contributed by atoms with Crippen molar-refractivity contribution >= 4 is 23.4 Å². The van der Waals surface area contributed by atoms with Gasteiger partial charge in [-0.2, -0.15) is 5.10 Å². The molecule has 2 amide bonds. The van der Waals surface area contributed by atoms with Gasteiger partial charge in [0.05, 0.1) is 22.3 Å². The maximum atomic E-state index is 14.3. The van der Waals surface area contributed by atoms with Crippen LogP contribution in [0.1, 0.15) is 81.7 Å². The second kappa shape index (κ2) is 11.2. The fraction of sp³-hybridized carbons (Fsp3) is 0.469. The molecule has 1 aliphatic carbocycles. The summed E-state index contributed by atoms with van der Waals surface area (Å²) in [6.07, 6.45) is 6.88. The standard InChI is InChI=1S/C32H37ClFN5O2/c1-3-39-19-24(21(2)36-39)18-37-14-11-32(12-15-37)13-16-38(20-32)31(41)23-8-7-22-9-10-28(25(22)17-23)35-30(40)29-26(33)5-4-6-27(29)34/h4-8,17,19,28H,3,9-16,18,20H2,1-2H3,(H,35,40). The highest BCUT2D eigenvalue weighted by molar-refractivity contribution is 6.33. The Morgan fingerprint density at radius 1 is 1.15 bits per heavy atom. The smallest absolute Gasteiger partial charge is 0.256 e. The van der Waals surface area contributed by atoms with E-state index in [9.17, 15) is 14.0 Å². The first-order valence-electron chi connectivity index (χ1n) is 14.7. The number of hydrogen-bond acceptors (Lipinski definition) is 4. The zero-order valence-corrected chi connectivity index (χ0v) is 24.5. The molecule has 7 nitrogen and oxygen atoms in total. The van der Waals surface area contributed by atoms with Gasteiger partial charge in [0.25, 0.3) is 11.8 Å². The van der Waals surface area contributed by atoms with Crippen molar-refractivity contribution in [1.29, 1.82) is 0 Å². The van der Waals surface area contributed by atoms with Crippen LogP contribution in [-0.2, 0) is 19.5 Å². The number of fused-ring (bicyclic) bond motifs is 1. The van der Waals surface area contributed by atoms with Gasteiger partial charge in [0.2, 0.25) is 0 Å². The lowest BCUT2D eigenvalue weighted by Crippen LogP contribution is -2.42. The van der Waals surface area contributed by atoms with Crippen molar-refractivity contribution in [2.75, 3.05) is 26.2 Å². The van der Waals surface area contributed by atoms with E-state index in [1.165, 1.54) is 23.8 Å². The van der Waals surface area contributed by atoms with Crippen LogP contribution in [0.15, 0.2) is 42.6 Å². The van der Waals surface area contributed by atoms with Crippen molar-refractivity contribution in [2.24, 2.45) is 5.41 Å². The third-order valence-corrected chi connectivity index (χ3v) is 9.69. The average Bonchev–Trinajstić information content (AvgIpc) is 3.67. The van der Waals surface area contributed by atoms with Crippen molar-refractivity contribution in [2.45, 2.75) is 65.1 Å². The normalized spacial score (nSPS) is 20.0. The summed E-state index contributed by atoms with van der Waals surface area (Å²) in [7, 11) is 0. The number of aryl methyl sites for hydroxylation is 3. The van der Waals surface area contributed by atoms with Crippen LogP contribution in [0.3, 0.4) is 0 Å². The first-order chi connectivity index (χ1) is 19.7. The lowest BCUT2D eigenvalue weighted by Gasteiger charge is -2.39. The molecule has 2 aliphatic heterocycles. The molecule has 3 aliphatic rings. The highest BCUT2D eigenvalue weighted by atomic mass is 35.5. The third-order valence-electron chi connectivity index (χ3n) is 9.37. The van der Waals surface area contributed by atoms with Crippen LogP contribution in [-0.4, -0.2) is 57.6 Å². The van der Waals surface area contributed by atoms with Gasteiger partial charge in [-0.05, 0) is 99.8 Å². The largest absolute Gasteiger partial charge is 0.345 e. The number of rotatable bonds is 6. The monoisotopic (exact) mass is 577 g/mol. The zero-order chi connectivity index (χ0) is 28.7. The van der Waals surface area contributed by atoms with E-state index in [-0.39, 0.29) is 28.0 Å². The van der Waals surface area contributed by atoms with Gasteiger partial charge in [-0.3, -0.25) is 19.2 Å². The summed E-state index contributed by atoms with van der Waals surface area (Å²) in [5, 5.41) is 7.62. The van der Waals surface area contributed by atoms with Crippen LogP contribution in [0.2, 0.25) is 5.02 Å². The lowest BCUT2D eigenvalue weighted by molar-refractivity contribution is 0.0713. The van der Waals surface area contributed by atoms with Crippen molar-refractivity contribution < 1.29 is 14.0 Å². The van der Waals surface area contributed by atoms with E-state index < -0.39 is 11.7 Å². The van der Waals surface area contributed by atoms with Gasteiger partial charge >= 0.3 is 0 Å². The summed E-state index contributed by atoms with van der Waals surface area (Å²) in [5.41, 5.74) is 5.13. The Hall–Kier alpha value is -3.23. The summed E-state index contributed by atoms with van der Waals surface area (Å²) in [6.45, 7) is 9.63. The van der Waals surface area contributed by atoms with E-state index in [1.807, 2.05) is 27.8 Å². The van der Waals surface area contributed by atoms with Gasteiger partial charge in [-0.1, -0.05) is 23.7 Å². The topological polar surface area (TPSA) is 70.5 Å². The molecule has 3 aromatic rings.